The van der Waals surface area contributed by atoms with E-state index in [-0.39, 0.29) is 17.3 Å². The second-order valence-electron chi connectivity index (χ2n) is 7.73. The largest absolute Gasteiger partial charge is 0.488 e. The van der Waals surface area contributed by atoms with Crippen LogP contribution in [0, 0.1) is 16.3 Å². The number of likely N-dealkylation sites (N-methyl/N-ethyl adjacent to an activating group) is 1. The highest BCUT2D eigenvalue weighted by Gasteiger charge is 2.30. The van der Waals surface area contributed by atoms with Gasteiger partial charge in [0.05, 0.1) is 19.7 Å². The average Bonchev–Trinajstić information content (AvgIpc) is 3.08. The van der Waals surface area contributed by atoms with E-state index in [1.165, 1.54) is 34.9 Å². The number of rotatable bonds is 6. The molecule has 3 aromatic rings. The van der Waals surface area contributed by atoms with Gasteiger partial charge in [-0.25, -0.2) is 14.2 Å². The molecule has 4 rings (SSSR count). The molecule has 1 saturated heterocycles. The zero-order chi connectivity index (χ0) is 25.1. The van der Waals surface area contributed by atoms with Crippen LogP contribution in [0.5, 0.6) is 5.75 Å². The van der Waals surface area contributed by atoms with E-state index >= 15 is 0 Å². The number of benzene rings is 3. The molecule has 1 heterocycles. The monoisotopic (exact) mass is 602 g/mol. The van der Waals surface area contributed by atoms with Gasteiger partial charge in [-0.2, -0.15) is 0 Å². The lowest BCUT2D eigenvalue weighted by atomic mass is 10.1. The fourth-order valence-corrected chi connectivity index (χ4v) is 5.02. The quantitative estimate of drug-likeness (QED) is 0.267. The van der Waals surface area contributed by atoms with Gasteiger partial charge in [0, 0.05) is 7.05 Å². The Morgan fingerprint density at radius 3 is 2.63 bits per heavy atom. The molecular formula is C26H20FIN2O4S. The average molecular weight is 602 g/mol. The molecule has 35 heavy (non-hydrogen) atoms. The number of aliphatic imine (C=N–C) groups is 1. The number of amidine groups is 1. The molecule has 6 nitrogen and oxygen atoms in total. The van der Waals surface area contributed by atoms with E-state index in [2.05, 4.69) is 27.6 Å². The van der Waals surface area contributed by atoms with Crippen molar-refractivity contribution < 1.29 is 23.8 Å². The molecule has 178 valence electrons. The number of carboxylic acids is 1. The first-order valence-electron chi connectivity index (χ1n) is 10.5. The molecule has 1 fully saturated rings. The molecule has 1 amide bonds. The van der Waals surface area contributed by atoms with Crippen molar-refractivity contribution in [3.63, 3.8) is 0 Å². The van der Waals surface area contributed by atoms with Crippen molar-refractivity contribution in [1.82, 2.24) is 4.90 Å². The van der Waals surface area contributed by atoms with Crippen molar-refractivity contribution in [3.8, 4) is 5.75 Å². The minimum absolute atomic E-state index is 0.177. The molecule has 0 bridgehead atoms. The molecule has 0 aromatic heterocycles. The summed E-state index contributed by atoms with van der Waals surface area (Å²) in [5.41, 5.74) is 2.91. The Kier molecular flexibility index (Phi) is 7.56. The molecule has 0 saturated carbocycles. The first kappa shape index (κ1) is 24.9. The van der Waals surface area contributed by atoms with Crippen LogP contribution in [0.2, 0.25) is 0 Å². The number of carboxylic acid groups (broad SMARTS) is 1. The van der Waals surface area contributed by atoms with E-state index < -0.39 is 5.97 Å². The highest BCUT2D eigenvalue weighted by molar-refractivity contribution is 14.1. The topological polar surface area (TPSA) is 79.2 Å². The van der Waals surface area contributed by atoms with E-state index in [1.807, 2.05) is 18.2 Å². The minimum Gasteiger partial charge on any atom is -0.488 e. The van der Waals surface area contributed by atoms with E-state index in [1.54, 1.807) is 44.3 Å². The fourth-order valence-electron chi connectivity index (χ4n) is 3.35. The predicted octanol–water partition coefficient (Wildman–Crippen LogP) is 6.25. The van der Waals surface area contributed by atoms with Crippen LogP contribution in [0.1, 0.15) is 27.0 Å². The van der Waals surface area contributed by atoms with Crippen molar-refractivity contribution >= 4 is 63.2 Å². The minimum atomic E-state index is -1.02. The van der Waals surface area contributed by atoms with Gasteiger partial charge < -0.3 is 9.84 Å². The Morgan fingerprint density at radius 2 is 1.94 bits per heavy atom. The second-order valence-corrected chi connectivity index (χ2v) is 9.90. The maximum absolute atomic E-state index is 13.1. The lowest BCUT2D eigenvalue weighted by Crippen LogP contribution is -2.23. The number of amides is 1. The Labute approximate surface area is 219 Å². The molecule has 9 heteroatoms. The molecule has 1 aliphatic heterocycles. The van der Waals surface area contributed by atoms with Crippen LogP contribution in [0.15, 0.2) is 70.6 Å². The fraction of sp³-hybridized carbons (Fsp3) is 0.115. The van der Waals surface area contributed by atoms with Crippen LogP contribution >= 0.6 is 34.4 Å². The van der Waals surface area contributed by atoms with Crippen LogP contribution in [-0.2, 0) is 11.4 Å². The van der Waals surface area contributed by atoms with Crippen LogP contribution in [-0.4, -0.2) is 34.1 Å². The number of hydrogen-bond acceptors (Lipinski definition) is 5. The summed E-state index contributed by atoms with van der Waals surface area (Å²) in [6.07, 6.45) is 1.79. The third-order valence-corrected chi connectivity index (χ3v) is 7.22. The zero-order valence-electron chi connectivity index (χ0n) is 18.8. The third kappa shape index (κ3) is 5.73. The van der Waals surface area contributed by atoms with Gasteiger partial charge in [-0.05, 0) is 100 Å². The van der Waals surface area contributed by atoms with Crippen molar-refractivity contribution in [2.45, 2.75) is 13.5 Å². The van der Waals surface area contributed by atoms with E-state index in [4.69, 9.17) is 4.74 Å². The molecule has 1 aliphatic rings. The first-order chi connectivity index (χ1) is 16.7. The van der Waals surface area contributed by atoms with E-state index in [9.17, 15) is 19.1 Å². The van der Waals surface area contributed by atoms with Crippen molar-refractivity contribution in [2.24, 2.45) is 4.99 Å². The number of carbonyl (C=O) groups excluding carboxylic acids is 1. The van der Waals surface area contributed by atoms with Crippen molar-refractivity contribution in [3.05, 3.63) is 97.2 Å². The van der Waals surface area contributed by atoms with Gasteiger partial charge >= 0.3 is 5.97 Å². The number of thioether (sulfide) groups is 1. The summed E-state index contributed by atoms with van der Waals surface area (Å²) in [7, 11) is 1.64. The maximum atomic E-state index is 13.1. The number of halogens is 2. The summed E-state index contributed by atoms with van der Waals surface area (Å²) in [5.74, 6) is -0.806. The predicted molar refractivity (Wildman–Crippen MR) is 143 cm³/mol. The molecular weight excluding hydrogens is 582 g/mol. The highest BCUT2D eigenvalue weighted by atomic mass is 127. The van der Waals surface area contributed by atoms with Gasteiger partial charge in [-0.15, -0.1) is 0 Å². The Bertz CT molecular complexity index is 1370. The normalized spacial score (nSPS) is 15.8. The van der Waals surface area contributed by atoms with Crippen LogP contribution in [0.4, 0.5) is 10.1 Å². The van der Waals surface area contributed by atoms with Gasteiger partial charge in [-0.3, -0.25) is 9.69 Å². The Morgan fingerprint density at radius 1 is 1.20 bits per heavy atom. The van der Waals surface area contributed by atoms with Crippen molar-refractivity contribution in [2.75, 3.05) is 7.05 Å². The molecule has 0 atom stereocenters. The number of nitrogens with zero attached hydrogens (tertiary/aromatic N) is 2. The molecule has 0 aliphatic carbocycles. The van der Waals surface area contributed by atoms with Crippen LogP contribution in [0.3, 0.4) is 0 Å². The summed E-state index contributed by atoms with van der Waals surface area (Å²) < 4.78 is 19.8. The number of carbonyl (C=O) groups is 2. The molecule has 0 radical (unpaired) electrons. The van der Waals surface area contributed by atoms with Gasteiger partial charge in [0.25, 0.3) is 5.91 Å². The van der Waals surface area contributed by atoms with Gasteiger partial charge in [-0.1, -0.05) is 24.3 Å². The second kappa shape index (κ2) is 10.6. The van der Waals surface area contributed by atoms with Gasteiger partial charge in [0.2, 0.25) is 0 Å². The lowest BCUT2D eigenvalue weighted by molar-refractivity contribution is -0.121. The third-order valence-electron chi connectivity index (χ3n) is 5.32. The van der Waals surface area contributed by atoms with E-state index in [0.29, 0.717) is 33.7 Å². The standard InChI is InChI=1S/C26H20FIN2O4S/c1-15-19(25(32)33)4-3-5-21(15)29-26-30(2)24(31)23(35-26)13-17-8-11-22(20(28)12-17)34-14-16-6-9-18(27)10-7-16/h3-13H,14H2,1-2H3,(H,32,33)/b23-13-,29-26?. The summed E-state index contributed by atoms with van der Waals surface area (Å²) >= 11 is 3.41. The first-order valence-corrected chi connectivity index (χ1v) is 12.4. The Hall–Kier alpha value is -3.18. The maximum Gasteiger partial charge on any atom is 0.336 e. The summed E-state index contributed by atoms with van der Waals surface area (Å²) in [6.45, 7) is 2.01. The van der Waals surface area contributed by atoms with Crippen LogP contribution < -0.4 is 4.74 Å². The van der Waals surface area contributed by atoms with Crippen LogP contribution in [0.25, 0.3) is 6.08 Å². The summed E-state index contributed by atoms with van der Waals surface area (Å²) in [4.78, 5) is 30.7. The van der Waals surface area contributed by atoms with Gasteiger partial charge in [0.15, 0.2) is 5.17 Å². The lowest BCUT2D eigenvalue weighted by Gasteiger charge is -2.09. The Balaban J connectivity index is 1.52. The highest BCUT2D eigenvalue weighted by Crippen LogP contribution is 2.35. The number of hydrogen-bond donors (Lipinski definition) is 1. The van der Waals surface area contributed by atoms with Gasteiger partial charge in [0.1, 0.15) is 18.2 Å². The van der Waals surface area contributed by atoms with E-state index in [0.717, 1.165) is 14.7 Å². The summed E-state index contributed by atoms with van der Waals surface area (Å²) in [6, 6.07) is 16.6. The number of ether oxygens (including phenoxy) is 1. The SMILES string of the molecule is Cc1c(N=C2S/C(=C\c3ccc(OCc4ccc(F)cc4)c(I)c3)C(=O)N2C)cccc1C(=O)O. The summed E-state index contributed by atoms with van der Waals surface area (Å²) in [5, 5.41) is 9.82. The molecule has 0 unspecified atom stereocenters. The zero-order valence-corrected chi connectivity index (χ0v) is 21.8. The number of aromatic carboxylic acids is 1. The molecule has 0 spiro atoms. The van der Waals surface area contributed by atoms with Crippen molar-refractivity contribution in [1.29, 1.82) is 0 Å². The molecule has 3 aromatic carbocycles. The molecule has 1 N–H and O–H groups in total. The smallest absolute Gasteiger partial charge is 0.336 e.